The summed E-state index contributed by atoms with van der Waals surface area (Å²) in [5.74, 6) is 0.678. The number of fused-ring (bicyclic) bond motifs is 10. The number of hydrogen-bond acceptors (Lipinski definition) is 4. The van der Waals surface area contributed by atoms with Gasteiger partial charge in [-0.2, -0.15) is 0 Å². The van der Waals surface area contributed by atoms with E-state index in [1.165, 1.54) is 37.8 Å². The summed E-state index contributed by atoms with van der Waals surface area (Å²) in [6.07, 6.45) is 0. The molecule has 0 N–H and O–H groups in total. The van der Waals surface area contributed by atoms with Crippen molar-refractivity contribution >= 4 is 54.4 Å². The monoisotopic (exact) mass is 699 g/mol. The van der Waals surface area contributed by atoms with Crippen LogP contribution in [0.2, 0.25) is 0 Å². The molecule has 0 unspecified atom stereocenters. The van der Waals surface area contributed by atoms with E-state index >= 15 is 0 Å². The van der Waals surface area contributed by atoms with Crippen molar-refractivity contribution in [3.8, 4) is 62.1 Å². The quantitative estimate of drug-likeness (QED) is 0.183. The Balaban J connectivity index is 1.15. The zero-order valence-corrected chi connectivity index (χ0v) is 29.5. The molecule has 12 rings (SSSR count). The van der Waals surface area contributed by atoms with Gasteiger partial charge in [-0.05, 0) is 47.2 Å². The number of hydrogen-bond donors (Lipinski definition) is 0. The maximum atomic E-state index is 5.24. The molecule has 254 valence electrons. The summed E-state index contributed by atoms with van der Waals surface area (Å²) >= 11 is 0. The number of rotatable bonds is 4. The summed E-state index contributed by atoms with van der Waals surface area (Å²) in [6, 6.07) is 61.8. The maximum absolute atomic E-state index is 5.24. The van der Waals surface area contributed by atoms with Gasteiger partial charge >= 0.3 is 0 Å². The minimum atomic E-state index is 0.678. The summed E-state index contributed by atoms with van der Waals surface area (Å²) in [7, 11) is 0. The van der Waals surface area contributed by atoms with Crippen molar-refractivity contribution in [3.63, 3.8) is 0 Å². The SMILES string of the molecule is c1ccc(-c2cc(-c3ccccc3)nc(-c3cccc(-n4c5cc6c7c(cccc7c5c5ccc7ccccc7c54)-c4nc5ccccc5nc4-6)c3)n2)cc1. The molecule has 3 aromatic heterocycles. The largest absolute Gasteiger partial charge is 0.309 e. The predicted molar refractivity (Wildman–Crippen MR) is 225 cm³/mol. The highest BCUT2D eigenvalue weighted by Gasteiger charge is 2.28. The summed E-state index contributed by atoms with van der Waals surface area (Å²) in [5, 5.41) is 7.23. The van der Waals surface area contributed by atoms with Crippen LogP contribution in [-0.2, 0) is 0 Å². The summed E-state index contributed by atoms with van der Waals surface area (Å²) in [6.45, 7) is 0. The second kappa shape index (κ2) is 11.5. The molecule has 5 nitrogen and oxygen atoms in total. The molecule has 1 aliphatic carbocycles. The molecule has 0 spiro atoms. The third kappa shape index (κ3) is 4.47. The van der Waals surface area contributed by atoms with Crippen molar-refractivity contribution in [1.29, 1.82) is 0 Å². The van der Waals surface area contributed by atoms with Gasteiger partial charge in [0, 0.05) is 55.0 Å². The van der Waals surface area contributed by atoms with E-state index in [-0.39, 0.29) is 0 Å². The van der Waals surface area contributed by atoms with Crippen molar-refractivity contribution < 1.29 is 0 Å². The van der Waals surface area contributed by atoms with Gasteiger partial charge in [-0.1, -0.05) is 140 Å². The fraction of sp³-hybridized carbons (Fsp3) is 0. The van der Waals surface area contributed by atoms with Gasteiger partial charge in [-0.25, -0.2) is 19.9 Å². The Morgan fingerprint density at radius 1 is 0.382 bits per heavy atom. The van der Waals surface area contributed by atoms with Crippen LogP contribution in [-0.4, -0.2) is 24.5 Å². The Morgan fingerprint density at radius 3 is 1.75 bits per heavy atom. The van der Waals surface area contributed by atoms with Gasteiger partial charge in [0.15, 0.2) is 5.82 Å². The highest BCUT2D eigenvalue weighted by atomic mass is 15.0. The van der Waals surface area contributed by atoms with Crippen molar-refractivity contribution in [1.82, 2.24) is 24.5 Å². The fourth-order valence-corrected chi connectivity index (χ4v) is 8.65. The number of para-hydroxylation sites is 2. The van der Waals surface area contributed by atoms with E-state index in [1.807, 2.05) is 36.4 Å². The molecule has 1 aliphatic rings. The first kappa shape index (κ1) is 30.0. The minimum Gasteiger partial charge on any atom is -0.309 e. The van der Waals surface area contributed by atoms with Crippen molar-refractivity contribution in [2.24, 2.45) is 0 Å². The van der Waals surface area contributed by atoms with Gasteiger partial charge in [0.25, 0.3) is 0 Å². The third-order valence-electron chi connectivity index (χ3n) is 11.1. The molecule has 0 amide bonds. The molecule has 55 heavy (non-hydrogen) atoms. The predicted octanol–water partition coefficient (Wildman–Crippen LogP) is 12.5. The zero-order chi connectivity index (χ0) is 36.0. The summed E-state index contributed by atoms with van der Waals surface area (Å²) in [5.41, 5.74) is 14.1. The average molecular weight is 700 g/mol. The molecule has 0 fully saturated rings. The van der Waals surface area contributed by atoms with Crippen LogP contribution >= 0.6 is 0 Å². The van der Waals surface area contributed by atoms with Gasteiger partial charge < -0.3 is 4.57 Å². The van der Waals surface area contributed by atoms with E-state index in [9.17, 15) is 0 Å². The molecule has 3 heterocycles. The highest BCUT2D eigenvalue weighted by Crippen LogP contribution is 2.51. The van der Waals surface area contributed by atoms with E-state index in [2.05, 4.69) is 144 Å². The number of benzene rings is 8. The molecule has 0 saturated heterocycles. The first-order chi connectivity index (χ1) is 27.3. The topological polar surface area (TPSA) is 56.5 Å². The molecule has 0 saturated carbocycles. The van der Waals surface area contributed by atoms with Crippen LogP contribution in [0.15, 0.2) is 176 Å². The summed E-state index contributed by atoms with van der Waals surface area (Å²) < 4.78 is 2.44. The zero-order valence-electron chi connectivity index (χ0n) is 29.5. The van der Waals surface area contributed by atoms with Crippen LogP contribution in [0.4, 0.5) is 0 Å². The highest BCUT2D eigenvalue weighted by molar-refractivity contribution is 6.31. The van der Waals surface area contributed by atoms with Gasteiger partial charge in [-0.15, -0.1) is 0 Å². The van der Waals surface area contributed by atoms with E-state index in [4.69, 9.17) is 19.9 Å². The van der Waals surface area contributed by atoms with Crippen LogP contribution in [0.25, 0.3) is 116 Å². The van der Waals surface area contributed by atoms with E-state index in [0.717, 1.165) is 72.8 Å². The minimum absolute atomic E-state index is 0.678. The van der Waals surface area contributed by atoms with Crippen molar-refractivity contribution in [3.05, 3.63) is 176 Å². The van der Waals surface area contributed by atoms with Crippen molar-refractivity contribution in [2.75, 3.05) is 0 Å². The van der Waals surface area contributed by atoms with Crippen LogP contribution < -0.4 is 0 Å². The number of nitrogens with zero attached hydrogens (tertiary/aromatic N) is 5. The Bertz CT molecular complexity index is 3310. The Labute approximate surface area is 315 Å². The second-order valence-electron chi connectivity index (χ2n) is 14.2. The average Bonchev–Trinajstić information content (AvgIpc) is 3.76. The molecule has 0 radical (unpaired) electrons. The molecule has 11 aromatic rings. The lowest BCUT2D eigenvalue weighted by atomic mass is 9.98. The Hall–Kier alpha value is -7.50. The first-order valence-corrected chi connectivity index (χ1v) is 18.6. The Kier molecular flexibility index (Phi) is 6.27. The summed E-state index contributed by atoms with van der Waals surface area (Å²) in [4.78, 5) is 20.8. The molecular weight excluding hydrogens is 671 g/mol. The van der Waals surface area contributed by atoms with Gasteiger partial charge in [0.2, 0.25) is 0 Å². The van der Waals surface area contributed by atoms with Gasteiger partial charge in [0.1, 0.15) is 0 Å². The van der Waals surface area contributed by atoms with E-state index in [0.29, 0.717) is 5.82 Å². The molecule has 5 heteroatoms. The molecule has 0 atom stereocenters. The normalized spacial score (nSPS) is 12.0. The maximum Gasteiger partial charge on any atom is 0.160 e. The lowest BCUT2D eigenvalue weighted by molar-refractivity contribution is 1.16. The molecule has 0 aliphatic heterocycles. The van der Waals surface area contributed by atoms with Crippen LogP contribution in [0.5, 0.6) is 0 Å². The van der Waals surface area contributed by atoms with Gasteiger partial charge in [0.05, 0.1) is 44.8 Å². The van der Waals surface area contributed by atoms with E-state index < -0.39 is 0 Å². The standard InChI is InChI=1S/C50H29N5/c1-3-14-31(15-4-1)42-29-43(32-16-5-2-6-17-32)54-50(53-42)33-18-11-19-34(27-33)55-44-28-39-45-36(46(44)38-26-25-30-13-7-8-20-35(30)49(38)55)21-12-22-37(45)47-48(39)52-41-24-10-9-23-40(41)51-47/h1-29H. The Morgan fingerprint density at radius 2 is 1.00 bits per heavy atom. The molecule has 0 bridgehead atoms. The smallest absolute Gasteiger partial charge is 0.160 e. The third-order valence-corrected chi connectivity index (χ3v) is 11.1. The van der Waals surface area contributed by atoms with Crippen LogP contribution in [0.1, 0.15) is 0 Å². The van der Waals surface area contributed by atoms with Gasteiger partial charge in [-0.3, -0.25) is 0 Å². The van der Waals surface area contributed by atoms with E-state index in [1.54, 1.807) is 0 Å². The lowest BCUT2D eigenvalue weighted by Gasteiger charge is -2.13. The molecular formula is C50H29N5. The van der Waals surface area contributed by atoms with Crippen molar-refractivity contribution in [2.45, 2.75) is 0 Å². The fourth-order valence-electron chi connectivity index (χ4n) is 8.65. The molecule has 8 aromatic carbocycles. The second-order valence-corrected chi connectivity index (χ2v) is 14.2. The van der Waals surface area contributed by atoms with Crippen LogP contribution in [0.3, 0.4) is 0 Å². The number of aromatic nitrogens is 5. The lowest BCUT2D eigenvalue weighted by Crippen LogP contribution is -1.98. The van der Waals surface area contributed by atoms with Crippen LogP contribution in [0, 0.1) is 0 Å². The first-order valence-electron chi connectivity index (χ1n) is 18.6.